The van der Waals surface area contributed by atoms with Crippen molar-refractivity contribution in [2.24, 2.45) is 5.73 Å². The summed E-state index contributed by atoms with van der Waals surface area (Å²) in [6.07, 6.45) is 7.70. The second-order valence-electron chi connectivity index (χ2n) is 4.58. The molecule has 1 atom stereocenters. The van der Waals surface area contributed by atoms with E-state index in [-0.39, 0.29) is 11.9 Å². The van der Waals surface area contributed by atoms with Crippen LogP contribution in [0, 0.1) is 0 Å². The fraction of sp³-hybridized carbons (Fsp3) is 1.00. The quantitative estimate of drug-likeness (QED) is 0.213. The predicted molar refractivity (Wildman–Crippen MR) is 77.6 cm³/mol. The summed E-state index contributed by atoms with van der Waals surface area (Å²) in [5, 5.41) is 8.09. The third-order valence-electron chi connectivity index (χ3n) is 2.52. The fourth-order valence-corrected chi connectivity index (χ4v) is 2.01. The molecular formula is C12H30N2O4S. The molecule has 0 amide bonds. The van der Waals surface area contributed by atoms with Crippen molar-refractivity contribution in [1.82, 2.24) is 5.48 Å². The zero-order valence-corrected chi connectivity index (χ0v) is 13.0. The Morgan fingerprint density at radius 3 is 1.95 bits per heavy atom. The van der Waals surface area contributed by atoms with Gasteiger partial charge >= 0.3 is 0 Å². The summed E-state index contributed by atoms with van der Waals surface area (Å²) in [7, 11) is -3.72. The molecule has 0 saturated carbocycles. The molecule has 0 aliphatic heterocycles. The van der Waals surface area contributed by atoms with E-state index in [1.165, 1.54) is 19.3 Å². The molecule has 0 saturated heterocycles. The van der Waals surface area contributed by atoms with E-state index < -0.39 is 10.1 Å². The molecule has 0 heterocycles. The van der Waals surface area contributed by atoms with Crippen LogP contribution in [0.25, 0.3) is 0 Å². The number of nitrogens with two attached hydrogens (primary N) is 1. The largest absolute Gasteiger partial charge is 0.315 e. The highest BCUT2D eigenvalue weighted by atomic mass is 32.2. The lowest BCUT2D eigenvalue weighted by Gasteiger charge is -2.04. The first kappa shape index (κ1) is 21.1. The third-order valence-corrected chi connectivity index (χ3v) is 3.33. The van der Waals surface area contributed by atoms with E-state index in [1.54, 1.807) is 0 Å². The molecule has 1 unspecified atom stereocenters. The predicted octanol–water partition coefficient (Wildman–Crippen LogP) is 2.28. The molecule has 0 fully saturated rings. The summed E-state index contributed by atoms with van der Waals surface area (Å²) < 4.78 is 28.9. The molecule has 0 aromatic heterocycles. The Morgan fingerprint density at radius 1 is 1.05 bits per heavy atom. The van der Waals surface area contributed by atoms with E-state index in [4.69, 9.17) is 15.5 Å². The van der Waals surface area contributed by atoms with Crippen molar-refractivity contribution >= 4 is 10.1 Å². The Bertz CT molecular complexity index is 271. The van der Waals surface area contributed by atoms with E-state index in [0.29, 0.717) is 6.42 Å². The monoisotopic (exact) mass is 298 g/mol. The van der Waals surface area contributed by atoms with Crippen molar-refractivity contribution in [3.8, 4) is 0 Å². The van der Waals surface area contributed by atoms with Gasteiger partial charge in [0.25, 0.3) is 10.1 Å². The average molecular weight is 298 g/mol. The van der Waals surface area contributed by atoms with Crippen LogP contribution in [-0.4, -0.2) is 30.1 Å². The molecule has 0 aliphatic rings. The van der Waals surface area contributed by atoms with Gasteiger partial charge in [0.15, 0.2) is 0 Å². The smallest absolute Gasteiger partial charge is 0.264 e. The van der Waals surface area contributed by atoms with Crippen LogP contribution in [0.4, 0.5) is 0 Å². The van der Waals surface area contributed by atoms with Crippen molar-refractivity contribution in [1.29, 1.82) is 0 Å². The number of nitrogens with one attached hydrogen (secondary N) is 1. The van der Waals surface area contributed by atoms with Gasteiger partial charge in [0.1, 0.15) is 0 Å². The molecule has 0 aliphatic carbocycles. The summed E-state index contributed by atoms with van der Waals surface area (Å²) in [4.78, 5) is 0. The molecule has 5 N–H and O–H groups in total. The van der Waals surface area contributed by atoms with Crippen LogP contribution in [0.15, 0.2) is 0 Å². The van der Waals surface area contributed by atoms with Gasteiger partial charge in [-0.1, -0.05) is 52.4 Å². The second-order valence-corrected chi connectivity index (χ2v) is 6.15. The Balaban J connectivity index is 0. The van der Waals surface area contributed by atoms with Crippen LogP contribution in [0.2, 0.25) is 0 Å². The van der Waals surface area contributed by atoms with E-state index in [1.807, 2.05) is 12.4 Å². The lowest BCUT2D eigenvalue weighted by atomic mass is 10.1. The highest BCUT2D eigenvalue weighted by Gasteiger charge is 2.02. The molecule has 0 rings (SSSR count). The molecule has 118 valence electrons. The van der Waals surface area contributed by atoms with Crippen LogP contribution in [0.3, 0.4) is 0 Å². The molecule has 0 radical (unpaired) electrons. The Hall–Kier alpha value is -0.210. The Morgan fingerprint density at radius 2 is 1.58 bits per heavy atom. The maximum atomic E-state index is 10.3. The van der Waals surface area contributed by atoms with Crippen molar-refractivity contribution in [3.05, 3.63) is 0 Å². The lowest BCUT2D eigenvalue weighted by Crippen LogP contribution is -2.34. The summed E-state index contributed by atoms with van der Waals surface area (Å²) in [6.45, 7) is 4.15. The van der Waals surface area contributed by atoms with Crippen LogP contribution in [-0.2, 0) is 10.1 Å². The molecule has 0 aromatic rings. The Kier molecular flexibility index (Phi) is 15.8. The minimum Gasteiger partial charge on any atom is -0.315 e. The first-order valence-corrected chi connectivity index (χ1v) is 8.58. The second kappa shape index (κ2) is 14.2. The minimum atomic E-state index is -3.72. The van der Waals surface area contributed by atoms with Gasteiger partial charge in [0, 0.05) is 0 Å². The van der Waals surface area contributed by atoms with E-state index in [2.05, 4.69) is 6.92 Å². The van der Waals surface area contributed by atoms with Crippen molar-refractivity contribution < 1.29 is 18.2 Å². The number of hydrogen-bond donors (Lipinski definition) is 4. The highest BCUT2D eigenvalue weighted by Crippen LogP contribution is 2.05. The summed E-state index contributed by atoms with van der Waals surface area (Å²) >= 11 is 0. The number of hydroxylamine groups is 1. The minimum absolute atomic E-state index is 0.0842. The molecule has 19 heavy (non-hydrogen) atoms. The number of hydrogen-bond acceptors (Lipinski definition) is 5. The number of rotatable bonds is 10. The van der Waals surface area contributed by atoms with Gasteiger partial charge in [-0.05, 0) is 12.8 Å². The average Bonchev–Trinajstić information content (AvgIpc) is 2.33. The summed E-state index contributed by atoms with van der Waals surface area (Å²) in [6, 6.07) is 0. The first-order valence-electron chi connectivity index (χ1n) is 6.97. The molecule has 0 spiro atoms. The first-order chi connectivity index (χ1) is 8.87. The number of unbranched alkanes of at least 4 members (excludes halogenated alkanes) is 5. The van der Waals surface area contributed by atoms with E-state index in [9.17, 15) is 8.42 Å². The van der Waals surface area contributed by atoms with E-state index >= 15 is 0 Å². The molecule has 6 nitrogen and oxygen atoms in total. The molecular weight excluding hydrogens is 268 g/mol. The zero-order chi connectivity index (χ0) is 15.1. The highest BCUT2D eigenvalue weighted by molar-refractivity contribution is 7.85. The van der Waals surface area contributed by atoms with Crippen molar-refractivity contribution in [2.45, 2.75) is 71.4 Å². The van der Waals surface area contributed by atoms with Gasteiger partial charge in [-0.3, -0.25) is 4.55 Å². The maximum Gasteiger partial charge on any atom is 0.264 e. The van der Waals surface area contributed by atoms with Gasteiger partial charge in [-0.25, -0.2) is 0 Å². The van der Waals surface area contributed by atoms with Gasteiger partial charge in [0.2, 0.25) is 0 Å². The molecule has 0 aromatic carbocycles. The molecule has 0 bridgehead atoms. The Labute approximate surface area is 117 Å². The van der Waals surface area contributed by atoms with Gasteiger partial charge < -0.3 is 10.9 Å². The van der Waals surface area contributed by atoms with Gasteiger partial charge in [0.05, 0.1) is 11.9 Å². The SMILES string of the molecule is CCCC(N)NO.CCCCCCCCS(=O)(=O)O. The maximum absolute atomic E-state index is 10.3. The van der Waals surface area contributed by atoms with Crippen molar-refractivity contribution in [2.75, 3.05) is 5.75 Å². The summed E-state index contributed by atoms with van der Waals surface area (Å²) in [5.74, 6) is -0.0842. The van der Waals surface area contributed by atoms with Crippen LogP contribution < -0.4 is 11.2 Å². The fourth-order valence-electron chi connectivity index (χ4n) is 1.44. The van der Waals surface area contributed by atoms with E-state index in [0.717, 1.165) is 25.7 Å². The molecule has 7 heteroatoms. The van der Waals surface area contributed by atoms with Crippen molar-refractivity contribution in [3.63, 3.8) is 0 Å². The standard InChI is InChI=1S/C8H18O3S.C4H12N2O/c1-2-3-4-5-6-7-8-12(9,10)11;1-2-3-4(5)6-7/h2-8H2,1H3,(H,9,10,11);4,6-7H,2-3,5H2,1H3. The topological polar surface area (TPSA) is 113 Å². The van der Waals surface area contributed by atoms with Gasteiger partial charge in [-0.2, -0.15) is 13.9 Å². The zero-order valence-electron chi connectivity index (χ0n) is 12.1. The normalized spacial score (nSPS) is 12.7. The van der Waals surface area contributed by atoms with Gasteiger partial charge in [-0.15, -0.1) is 0 Å². The lowest BCUT2D eigenvalue weighted by molar-refractivity contribution is 0.124. The third kappa shape index (κ3) is 23.3. The van der Waals surface area contributed by atoms with Crippen LogP contribution >= 0.6 is 0 Å². The van der Waals surface area contributed by atoms with Crippen LogP contribution in [0.5, 0.6) is 0 Å². The summed E-state index contributed by atoms with van der Waals surface area (Å²) in [5.41, 5.74) is 7.17. The van der Waals surface area contributed by atoms with Crippen LogP contribution in [0.1, 0.15) is 65.2 Å².